The molecule has 0 unspecified atom stereocenters. The highest BCUT2D eigenvalue weighted by atomic mass is 35.5. The number of nitrogens with zero attached hydrogens (tertiary/aromatic N) is 1. The number of halogens is 3. The van der Waals surface area contributed by atoms with Crippen LogP contribution in [-0.2, 0) is 6.42 Å². The molecule has 0 amide bonds. The van der Waals surface area contributed by atoms with E-state index in [2.05, 4.69) is 10.2 Å². The molecule has 2 aliphatic heterocycles. The first-order valence-electron chi connectivity index (χ1n) is 7.62. The predicted octanol–water partition coefficient (Wildman–Crippen LogP) is 3.34. The Morgan fingerprint density at radius 3 is 2.52 bits per heavy atom. The van der Waals surface area contributed by atoms with Gasteiger partial charge in [-0.25, -0.2) is 8.78 Å². The van der Waals surface area contributed by atoms with Crippen molar-refractivity contribution in [2.75, 3.05) is 19.6 Å². The number of piperidine rings is 1. The Kier molecular flexibility index (Phi) is 4.48. The van der Waals surface area contributed by atoms with Crippen molar-refractivity contribution >= 4 is 11.6 Å². The summed E-state index contributed by atoms with van der Waals surface area (Å²) in [6.45, 7) is 1.77. The molecule has 0 spiro atoms. The molecule has 2 heterocycles. The van der Waals surface area contributed by atoms with Crippen molar-refractivity contribution in [2.24, 2.45) is 0 Å². The molecular weight excluding hydrogens is 294 g/mol. The fourth-order valence-corrected chi connectivity index (χ4v) is 3.70. The van der Waals surface area contributed by atoms with Crippen LogP contribution < -0.4 is 5.32 Å². The highest BCUT2D eigenvalue weighted by Gasteiger charge is 2.47. The third-order valence-electron chi connectivity index (χ3n) is 4.58. The van der Waals surface area contributed by atoms with Crippen molar-refractivity contribution < 1.29 is 8.78 Å². The van der Waals surface area contributed by atoms with E-state index in [0.717, 1.165) is 31.5 Å². The Balaban J connectivity index is 1.72. The standard InChI is InChI=1S/C16H21ClF2N2/c17-13-3-1-12(2-4-13)9-15-10-16(18,19)11-21(15)14-5-7-20-8-6-14/h1-4,14-15,20H,5-11H2/t15-/m0/s1. The molecule has 1 N–H and O–H groups in total. The van der Waals surface area contributed by atoms with Gasteiger partial charge in [0, 0.05) is 23.5 Å². The number of hydrogen-bond acceptors (Lipinski definition) is 2. The molecule has 1 aromatic rings. The number of likely N-dealkylation sites (tertiary alicyclic amines) is 1. The van der Waals surface area contributed by atoms with Crippen LogP contribution in [0.25, 0.3) is 0 Å². The molecule has 2 fully saturated rings. The molecule has 116 valence electrons. The first kappa shape index (κ1) is 15.2. The van der Waals surface area contributed by atoms with Crippen molar-refractivity contribution in [1.29, 1.82) is 0 Å². The van der Waals surface area contributed by atoms with Gasteiger partial charge >= 0.3 is 0 Å². The fraction of sp³-hybridized carbons (Fsp3) is 0.625. The monoisotopic (exact) mass is 314 g/mol. The molecule has 0 radical (unpaired) electrons. The second-order valence-corrected chi connectivity index (χ2v) is 6.63. The van der Waals surface area contributed by atoms with Gasteiger partial charge in [0.05, 0.1) is 6.54 Å². The maximum Gasteiger partial charge on any atom is 0.262 e. The van der Waals surface area contributed by atoms with Gasteiger partial charge in [0.25, 0.3) is 5.92 Å². The number of rotatable bonds is 3. The second-order valence-electron chi connectivity index (χ2n) is 6.20. The van der Waals surface area contributed by atoms with Gasteiger partial charge in [0.15, 0.2) is 0 Å². The Morgan fingerprint density at radius 2 is 1.86 bits per heavy atom. The maximum atomic E-state index is 13.9. The Labute approximate surface area is 129 Å². The van der Waals surface area contributed by atoms with E-state index >= 15 is 0 Å². The van der Waals surface area contributed by atoms with Crippen LogP contribution >= 0.6 is 11.6 Å². The smallest absolute Gasteiger partial charge is 0.262 e. The second kappa shape index (κ2) is 6.19. The lowest BCUT2D eigenvalue weighted by molar-refractivity contribution is 0.00590. The summed E-state index contributed by atoms with van der Waals surface area (Å²) in [4.78, 5) is 2.05. The van der Waals surface area contributed by atoms with Crippen LogP contribution in [-0.4, -0.2) is 42.5 Å². The van der Waals surface area contributed by atoms with E-state index in [-0.39, 0.29) is 25.0 Å². The zero-order valence-corrected chi connectivity index (χ0v) is 12.8. The third kappa shape index (κ3) is 3.74. The molecule has 2 nitrogen and oxygen atoms in total. The zero-order chi connectivity index (χ0) is 14.9. The van der Waals surface area contributed by atoms with E-state index in [1.54, 1.807) is 0 Å². The fourth-order valence-electron chi connectivity index (χ4n) is 3.57. The molecule has 5 heteroatoms. The van der Waals surface area contributed by atoms with Gasteiger partial charge in [-0.2, -0.15) is 0 Å². The maximum absolute atomic E-state index is 13.9. The molecule has 2 saturated heterocycles. The zero-order valence-electron chi connectivity index (χ0n) is 12.0. The molecule has 3 rings (SSSR count). The summed E-state index contributed by atoms with van der Waals surface area (Å²) in [7, 11) is 0. The van der Waals surface area contributed by atoms with E-state index < -0.39 is 5.92 Å². The lowest BCUT2D eigenvalue weighted by Crippen LogP contribution is -2.46. The molecule has 0 bridgehead atoms. The average Bonchev–Trinajstić information content (AvgIpc) is 2.77. The molecule has 1 atom stereocenters. The molecule has 0 saturated carbocycles. The summed E-state index contributed by atoms with van der Waals surface area (Å²) in [6, 6.07) is 7.78. The van der Waals surface area contributed by atoms with Crippen molar-refractivity contribution in [3.63, 3.8) is 0 Å². The van der Waals surface area contributed by atoms with Crippen LogP contribution in [0.15, 0.2) is 24.3 Å². The van der Waals surface area contributed by atoms with Crippen LogP contribution in [0.1, 0.15) is 24.8 Å². The summed E-state index contributed by atoms with van der Waals surface area (Å²) in [5, 5.41) is 3.99. The van der Waals surface area contributed by atoms with Gasteiger partial charge in [-0.15, -0.1) is 0 Å². The minimum atomic E-state index is -2.55. The topological polar surface area (TPSA) is 15.3 Å². The minimum Gasteiger partial charge on any atom is -0.317 e. The van der Waals surface area contributed by atoms with Gasteiger partial charge in [-0.1, -0.05) is 23.7 Å². The molecule has 0 aromatic heterocycles. The molecule has 2 aliphatic rings. The summed E-state index contributed by atoms with van der Waals surface area (Å²) in [6.07, 6.45) is 2.58. The molecule has 1 aromatic carbocycles. The quantitative estimate of drug-likeness (QED) is 0.920. The van der Waals surface area contributed by atoms with E-state index in [1.807, 2.05) is 24.3 Å². The number of nitrogens with one attached hydrogen (secondary N) is 1. The van der Waals surface area contributed by atoms with Crippen LogP contribution in [0.3, 0.4) is 0 Å². The highest BCUT2D eigenvalue weighted by Crippen LogP contribution is 2.36. The van der Waals surface area contributed by atoms with Crippen LogP contribution in [0.4, 0.5) is 8.78 Å². The van der Waals surface area contributed by atoms with Crippen molar-refractivity contribution in [3.8, 4) is 0 Å². The SMILES string of the molecule is FC1(F)C[C@H](Cc2ccc(Cl)cc2)N(C2CCNCC2)C1. The third-order valence-corrected chi connectivity index (χ3v) is 4.83. The van der Waals surface area contributed by atoms with Crippen LogP contribution in [0.2, 0.25) is 5.02 Å². The minimum absolute atomic E-state index is 0.0282. The van der Waals surface area contributed by atoms with Crippen LogP contribution in [0.5, 0.6) is 0 Å². The summed E-state index contributed by atoms with van der Waals surface area (Å²) in [5.74, 6) is -2.55. The number of benzene rings is 1. The Morgan fingerprint density at radius 1 is 1.19 bits per heavy atom. The lowest BCUT2D eigenvalue weighted by atomic mass is 9.99. The average molecular weight is 315 g/mol. The van der Waals surface area contributed by atoms with Crippen molar-refractivity contribution in [3.05, 3.63) is 34.9 Å². The van der Waals surface area contributed by atoms with E-state index in [9.17, 15) is 8.78 Å². The first-order valence-corrected chi connectivity index (χ1v) is 8.00. The predicted molar refractivity (Wildman–Crippen MR) is 81.1 cm³/mol. The number of hydrogen-bond donors (Lipinski definition) is 1. The van der Waals surface area contributed by atoms with E-state index in [0.29, 0.717) is 11.4 Å². The lowest BCUT2D eigenvalue weighted by Gasteiger charge is -2.35. The van der Waals surface area contributed by atoms with Crippen LogP contribution in [0, 0.1) is 0 Å². The van der Waals surface area contributed by atoms with Gasteiger partial charge in [-0.05, 0) is 50.0 Å². The van der Waals surface area contributed by atoms with Gasteiger partial charge in [0.2, 0.25) is 0 Å². The van der Waals surface area contributed by atoms with Gasteiger partial charge in [0.1, 0.15) is 0 Å². The van der Waals surface area contributed by atoms with Crippen molar-refractivity contribution in [1.82, 2.24) is 10.2 Å². The van der Waals surface area contributed by atoms with E-state index in [4.69, 9.17) is 11.6 Å². The number of alkyl halides is 2. The Bertz CT molecular complexity index is 472. The summed E-state index contributed by atoms with van der Waals surface area (Å²) < 4.78 is 27.8. The Hall–Kier alpha value is -0.710. The van der Waals surface area contributed by atoms with Gasteiger partial charge in [-0.3, -0.25) is 4.90 Å². The summed E-state index contributed by atoms with van der Waals surface area (Å²) in [5.41, 5.74) is 1.08. The highest BCUT2D eigenvalue weighted by molar-refractivity contribution is 6.30. The first-order chi connectivity index (χ1) is 10.0. The van der Waals surface area contributed by atoms with Crippen molar-refractivity contribution in [2.45, 2.75) is 43.7 Å². The normalized spacial score (nSPS) is 27.1. The summed E-state index contributed by atoms with van der Waals surface area (Å²) >= 11 is 5.89. The molecular formula is C16H21ClF2N2. The molecule has 0 aliphatic carbocycles. The van der Waals surface area contributed by atoms with E-state index in [1.165, 1.54) is 0 Å². The van der Waals surface area contributed by atoms with Gasteiger partial charge < -0.3 is 5.32 Å². The largest absolute Gasteiger partial charge is 0.317 e. The molecule has 21 heavy (non-hydrogen) atoms.